The molecule has 1 aromatic rings. The maximum absolute atomic E-state index is 10.6. The normalized spacial score (nSPS) is 25.5. The number of hydrogen-bond acceptors (Lipinski definition) is 3. The summed E-state index contributed by atoms with van der Waals surface area (Å²) in [6.45, 7) is 0. The van der Waals surface area contributed by atoms with E-state index in [0.29, 0.717) is 6.04 Å². The topological polar surface area (TPSA) is 40.5 Å². The highest BCUT2D eigenvalue weighted by atomic mass is 32.1. The average Bonchev–Trinajstić information content (AvgIpc) is 2.51. The Morgan fingerprint density at radius 1 is 1.64 bits per heavy atom. The van der Waals surface area contributed by atoms with Crippen LogP contribution in [0.2, 0.25) is 0 Å². The van der Waals surface area contributed by atoms with Crippen molar-refractivity contribution in [3.8, 4) is 0 Å². The van der Waals surface area contributed by atoms with Crippen LogP contribution < -0.4 is 4.90 Å². The Labute approximate surface area is 87.0 Å². The van der Waals surface area contributed by atoms with Crippen LogP contribution in [0.1, 0.15) is 12.8 Å². The highest BCUT2D eigenvalue weighted by Gasteiger charge is 2.36. The van der Waals surface area contributed by atoms with Gasteiger partial charge in [-0.3, -0.25) is 4.79 Å². The summed E-state index contributed by atoms with van der Waals surface area (Å²) in [4.78, 5) is 12.8. The predicted molar refractivity (Wildman–Crippen MR) is 56.9 cm³/mol. The number of anilines is 1. The first-order valence-electron chi connectivity index (χ1n) is 4.67. The summed E-state index contributed by atoms with van der Waals surface area (Å²) in [6, 6.07) is 4.50. The fraction of sp³-hybridized carbons (Fsp3) is 0.500. The van der Waals surface area contributed by atoms with Gasteiger partial charge in [0, 0.05) is 13.1 Å². The molecule has 1 N–H and O–H groups in total. The van der Waals surface area contributed by atoms with Gasteiger partial charge in [-0.05, 0) is 30.4 Å². The molecule has 0 aliphatic heterocycles. The van der Waals surface area contributed by atoms with Gasteiger partial charge in [-0.1, -0.05) is 0 Å². The average molecular weight is 211 g/mol. The molecule has 0 radical (unpaired) electrons. The van der Waals surface area contributed by atoms with Crippen molar-refractivity contribution in [3.63, 3.8) is 0 Å². The third kappa shape index (κ3) is 1.62. The van der Waals surface area contributed by atoms with Crippen LogP contribution in [-0.4, -0.2) is 24.2 Å². The number of carbonyl (C=O) groups is 1. The van der Waals surface area contributed by atoms with Crippen molar-refractivity contribution >= 4 is 22.3 Å². The summed E-state index contributed by atoms with van der Waals surface area (Å²) in [5, 5.41) is 12.0. The first-order valence-corrected chi connectivity index (χ1v) is 5.55. The van der Waals surface area contributed by atoms with Gasteiger partial charge in [-0.25, -0.2) is 0 Å². The number of thiophene rings is 1. The maximum Gasteiger partial charge on any atom is 0.306 e. The van der Waals surface area contributed by atoms with E-state index in [2.05, 4.69) is 11.0 Å². The maximum atomic E-state index is 10.6. The Morgan fingerprint density at radius 3 is 2.86 bits per heavy atom. The SMILES string of the molecule is CN(c1cccs1)C1CC(C(=O)O)C1. The molecule has 1 heterocycles. The van der Waals surface area contributed by atoms with E-state index >= 15 is 0 Å². The van der Waals surface area contributed by atoms with Gasteiger partial charge in [-0.15, -0.1) is 11.3 Å². The van der Waals surface area contributed by atoms with E-state index in [9.17, 15) is 4.79 Å². The molecule has 1 aliphatic rings. The molecule has 14 heavy (non-hydrogen) atoms. The molecule has 0 saturated heterocycles. The van der Waals surface area contributed by atoms with Gasteiger partial charge in [-0.2, -0.15) is 0 Å². The molecule has 1 aliphatic carbocycles. The lowest BCUT2D eigenvalue weighted by Gasteiger charge is -2.39. The zero-order chi connectivity index (χ0) is 10.1. The lowest BCUT2D eigenvalue weighted by Crippen LogP contribution is -2.45. The van der Waals surface area contributed by atoms with Crippen molar-refractivity contribution < 1.29 is 9.90 Å². The summed E-state index contributed by atoms with van der Waals surface area (Å²) in [5.74, 6) is -0.775. The largest absolute Gasteiger partial charge is 0.481 e. The van der Waals surface area contributed by atoms with E-state index in [0.717, 1.165) is 12.8 Å². The molecule has 1 saturated carbocycles. The predicted octanol–water partition coefficient (Wildman–Crippen LogP) is 2.05. The van der Waals surface area contributed by atoms with Gasteiger partial charge in [0.2, 0.25) is 0 Å². The molecular weight excluding hydrogens is 198 g/mol. The van der Waals surface area contributed by atoms with Crippen LogP contribution in [-0.2, 0) is 4.79 Å². The number of carboxylic acids is 1. The summed E-state index contributed by atoms with van der Waals surface area (Å²) in [5.41, 5.74) is 0. The molecule has 0 unspecified atom stereocenters. The molecule has 0 amide bonds. The Balaban J connectivity index is 1.91. The lowest BCUT2D eigenvalue weighted by molar-refractivity contribution is -0.145. The van der Waals surface area contributed by atoms with Crippen molar-refractivity contribution in [2.45, 2.75) is 18.9 Å². The summed E-state index contributed by atoms with van der Waals surface area (Å²) >= 11 is 1.70. The summed E-state index contributed by atoms with van der Waals surface area (Å²) < 4.78 is 0. The Kier molecular flexibility index (Phi) is 2.46. The number of aliphatic carboxylic acids is 1. The van der Waals surface area contributed by atoms with Crippen molar-refractivity contribution in [2.24, 2.45) is 5.92 Å². The minimum Gasteiger partial charge on any atom is -0.481 e. The van der Waals surface area contributed by atoms with Crippen molar-refractivity contribution in [1.29, 1.82) is 0 Å². The van der Waals surface area contributed by atoms with Gasteiger partial charge in [0.05, 0.1) is 10.9 Å². The van der Waals surface area contributed by atoms with Crippen LogP contribution in [0, 0.1) is 5.92 Å². The molecule has 0 spiro atoms. The first-order chi connectivity index (χ1) is 6.68. The van der Waals surface area contributed by atoms with Gasteiger partial charge >= 0.3 is 5.97 Å². The number of carboxylic acid groups (broad SMARTS) is 1. The molecule has 1 aromatic heterocycles. The van der Waals surface area contributed by atoms with Gasteiger partial charge in [0.15, 0.2) is 0 Å². The highest BCUT2D eigenvalue weighted by Crippen LogP contribution is 2.35. The quantitative estimate of drug-likeness (QED) is 0.831. The van der Waals surface area contributed by atoms with Crippen LogP contribution in [0.5, 0.6) is 0 Å². The van der Waals surface area contributed by atoms with Gasteiger partial charge in [0.1, 0.15) is 0 Å². The molecule has 2 rings (SSSR count). The molecular formula is C10H13NO2S. The number of hydrogen-bond donors (Lipinski definition) is 1. The summed E-state index contributed by atoms with van der Waals surface area (Å²) in [6.07, 6.45) is 1.56. The van der Waals surface area contributed by atoms with E-state index in [-0.39, 0.29) is 5.92 Å². The molecule has 0 aromatic carbocycles. The molecule has 76 valence electrons. The minimum atomic E-state index is -0.652. The van der Waals surface area contributed by atoms with Crippen LogP contribution in [0.4, 0.5) is 5.00 Å². The summed E-state index contributed by atoms with van der Waals surface area (Å²) in [7, 11) is 2.04. The zero-order valence-electron chi connectivity index (χ0n) is 8.01. The van der Waals surface area contributed by atoms with E-state index in [1.807, 2.05) is 18.5 Å². The Hall–Kier alpha value is -1.03. The Bertz CT molecular complexity index is 317. The van der Waals surface area contributed by atoms with Gasteiger partial charge in [0.25, 0.3) is 0 Å². The Morgan fingerprint density at radius 2 is 2.36 bits per heavy atom. The minimum absolute atomic E-state index is 0.123. The molecule has 1 fully saturated rings. The van der Waals surface area contributed by atoms with E-state index in [1.165, 1.54) is 5.00 Å². The first kappa shape index (κ1) is 9.52. The second kappa shape index (κ2) is 3.61. The van der Waals surface area contributed by atoms with Crippen LogP contribution >= 0.6 is 11.3 Å². The lowest BCUT2D eigenvalue weighted by atomic mass is 9.79. The van der Waals surface area contributed by atoms with Crippen molar-refractivity contribution in [2.75, 3.05) is 11.9 Å². The highest BCUT2D eigenvalue weighted by molar-refractivity contribution is 7.14. The zero-order valence-corrected chi connectivity index (χ0v) is 8.83. The third-order valence-electron chi connectivity index (χ3n) is 2.86. The molecule has 4 heteroatoms. The van der Waals surface area contributed by atoms with E-state index < -0.39 is 5.97 Å². The number of rotatable bonds is 3. The fourth-order valence-electron chi connectivity index (χ4n) is 1.76. The van der Waals surface area contributed by atoms with Crippen LogP contribution in [0.25, 0.3) is 0 Å². The van der Waals surface area contributed by atoms with Crippen LogP contribution in [0.3, 0.4) is 0 Å². The third-order valence-corrected chi connectivity index (χ3v) is 3.82. The standard InChI is InChI=1S/C10H13NO2S/c1-11(9-3-2-4-14-9)8-5-7(6-8)10(12)13/h2-4,7-8H,5-6H2,1H3,(H,12,13). The molecule has 0 atom stereocenters. The second-order valence-electron chi connectivity index (χ2n) is 3.72. The van der Waals surface area contributed by atoms with Crippen molar-refractivity contribution in [1.82, 2.24) is 0 Å². The van der Waals surface area contributed by atoms with E-state index in [1.54, 1.807) is 11.3 Å². The number of nitrogens with zero attached hydrogens (tertiary/aromatic N) is 1. The molecule has 0 bridgehead atoms. The monoisotopic (exact) mass is 211 g/mol. The van der Waals surface area contributed by atoms with Gasteiger partial charge < -0.3 is 10.0 Å². The second-order valence-corrected chi connectivity index (χ2v) is 4.65. The van der Waals surface area contributed by atoms with E-state index in [4.69, 9.17) is 5.11 Å². The van der Waals surface area contributed by atoms with Crippen LogP contribution in [0.15, 0.2) is 17.5 Å². The smallest absolute Gasteiger partial charge is 0.306 e. The van der Waals surface area contributed by atoms with Crippen molar-refractivity contribution in [3.05, 3.63) is 17.5 Å². The fourth-order valence-corrected chi connectivity index (χ4v) is 2.53. The molecule has 3 nitrogen and oxygen atoms in total.